The van der Waals surface area contributed by atoms with Crippen LogP contribution in [0.15, 0.2) is 67.1 Å². The van der Waals surface area contributed by atoms with Gasteiger partial charge >= 0.3 is 0 Å². The summed E-state index contributed by atoms with van der Waals surface area (Å²) in [6.07, 6.45) is 4.61. The highest BCUT2D eigenvalue weighted by atomic mass is 19.1. The van der Waals surface area contributed by atoms with Gasteiger partial charge < -0.3 is 9.47 Å². The number of halogens is 1. The van der Waals surface area contributed by atoms with E-state index >= 15 is 4.39 Å². The van der Waals surface area contributed by atoms with Crippen LogP contribution in [0, 0.1) is 17.1 Å². The largest absolute Gasteiger partial charge is 0.454 e. The zero-order valence-corrected chi connectivity index (χ0v) is 17.5. The third-order valence-electron chi connectivity index (χ3n) is 5.89. The predicted octanol–water partition coefficient (Wildman–Crippen LogP) is 5.56. The summed E-state index contributed by atoms with van der Waals surface area (Å²) in [6.45, 7) is 0.165. The smallest absolute Gasteiger partial charge is 0.231 e. The topological polar surface area (TPSA) is 73.0 Å². The fraction of sp³-hybridized carbons (Fsp3) is 0.115. The molecule has 0 unspecified atom stereocenters. The summed E-state index contributed by atoms with van der Waals surface area (Å²) in [5.74, 6) is 0.895. The first-order valence-corrected chi connectivity index (χ1v) is 10.5. The molecule has 1 aliphatic heterocycles. The Balaban J connectivity index is 1.51. The normalized spacial score (nSPS) is 12.4. The summed E-state index contributed by atoms with van der Waals surface area (Å²) in [4.78, 5) is 8.94. The molecule has 7 heteroatoms. The maximum absolute atomic E-state index is 15.1. The first-order chi connectivity index (χ1) is 16.2. The van der Waals surface area contributed by atoms with Gasteiger partial charge in [-0.05, 0) is 47.9 Å². The van der Waals surface area contributed by atoms with Gasteiger partial charge in [-0.1, -0.05) is 18.2 Å². The van der Waals surface area contributed by atoms with E-state index in [-0.39, 0.29) is 12.6 Å². The zero-order valence-electron chi connectivity index (χ0n) is 17.5. The lowest BCUT2D eigenvalue weighted by atomic mass is 10.0. The Hall–Kier alpha value is -4.44. The van der Waals surface area contributed by atoms with Crippen molar-refractivity contribution >= 4 is 21.9 Å². The van der Waals surface area contributed by atoms with Gasteiger partial charge in [0.05, 0.1) is 23.3 Å². The van der Waals surface area contributed by atoms with E-state index in [4.69, 9.17) is 14.7 Å². The molecule has 6 rings (SSSR count). The van der Waals surface area contributed by atoms with Crippen LogP contribution < -0.4 is 9.47 Å². The number of hydrogen-bond acceptors (Lipinski definition) is 5. The van der Waals surface area contributed by atoms with E-state index in [1.54, 1.807) is 24.7 Å². The van der Waals surface area contributed by atoms with Crippen LogP contribution in [-0.4, -0.2) is 21.3 Å². The minimum atomic E-state index is -0.360. The van der Waals surface area contributed by atoms with E-state index in [0.29, 0.717) is 41.0 Å². The minimum Gasteiger partial charge on any atom is -0.454 e. The second-order valence-corrected chi connectivity index (χ2v) is 7.85. The van der Waals surface area contributed by atoms with E-state index in [1.807, 2.05) is 41.0 Å². The summed E-state index contributed by atoms with van der Waals surface area (Å²) in [6, 6.07) is 18.9. The van der Waals surface area contributed by atoms with Crippen molar-refractivity contribution in [3.05, 3.63) is 78.5 Å². The molecule has 1 aliphatic rings. The van der Waals surface area contributed by atoms with E-state index in [0.717, 1.165) is 27.7 Å². The Bertz CT molecular complexity index is 1570. The second-order valence-electron chi connectivity index (χ2n) is 7.85. The molecular formula is C26H17FN4O2. The summed E-state index contributed by atoms with van der Waals surface area (Å²) in [7, 11) is 0. The number of aromatic nitrogens is 3. The second kappa shape index (κ2) is 7.61. The molecule has 0 amide bonds. The van der Waals surface area contributed by atoms with Gasteiger partial charge in [0.1, 0.15) is 17.7 Å². The van der Waals surface area contributed by atoms with Crippen LogP contribution in [0.2, 0.25) is 0 Å². The summed E-state index contributed by atoms with van der Waals surface area (Å²) in [5, 5.41) is 9.61. The van der Waals surface area contributed by atoms with E-state index in [9.17, 15) is 0 Å². The van der Waals surface area contributed by atoms with Gasteiger partial charge in [0.25, 0.3) is 0 Å². The Morgan fingerprint density at radius 2 is 1.82 bits per heavy atom. The van der Waals surface area contributed by atoms with Gasteiger partial charge in [-0.15, -0.1) is 0 Å². The third kappa shape index (κ3) is 3.24. The predicted molar refractivity (Wildman–Crippen MR) is 122 cm³/mol. The highest BCUT2D eigenvalue weighted by Crippen LogP contribution is 2.38. The molecule has 0 N–H and O–H groups in total. The van der Waals surface area contributed by atoms with Crippen LogP contribution >= 0.6 is 0 Å². The highest BCUT2D eigenvalue weighted by Gasteiger charge is 2.18. The van der Waals surface area contributed by atoms with Gasteiger partial charge in [0, 0.05) is 29.1 Å². The minimum absolute atomic E-state index is 0.165. The van der Waals surface area contributed by atoms with Crippen LogP contribution in [0.1, 0.15) is 12.0 Å². The number of hydrogen-bond donors (Lipinski definition) is 0. The van der Waals surface area contributed by atoms with Crippen molar-refractivity contribution in [3.8, 4) is 34.4 Å². The number of aryl methyl sites for hydroxylation is 1. The Labute approximate surface area is 188 Å². The van der Waals surface area contributed by atoms with E-state index < -0.39 is 0 Å². The highest BCUT2D eigenvalue weighted by molar-refractivity contribution is 6.04. The lowest BCUT2D eigenvalue weighted by Crippen LogP contribution is -1.95. The molecule has 160 valence electrons. The first-order valence-electron chi connectivity index (χ1n) is 10.5. The quantitative estimate of drug-likeness (QED) is 0.369. The number of pyridine rings is 1. The number of rotatable bonds is 4. The van der Waals surface area contributed by atoms with E-state index in [1.165, 1.54) is 6.07 Å². The summed E-state index contributed by atoms with van der Waals surface area (Å²) in [5.41, 5.74) is 5.31. The average Bonchev–Trinajstić information content (AvgIpc) is 3.49. The fourth-order valence-electron chi connectivity index (χ4n) is 4.22. The molecule has 3 aromatic carbocycles. The average molecular weight is 436 g/mol. The van der Waals surface area contributed by atoms with Gasteiger partial charge in [0.15, 0.2) is 11.5 Å². The molecule has 0 radical (unpaired) electrons. The Morgan fingerprint density at radius 1 is 0.970 bits per heavy atom. The molecular weight excluding hydrogens is 419 g/mol. The van der Waals surface area contributed by atoms with Crippen LogP contribution in [-0.2, 0) is 6.42 Å². The van der Waals surface area contributed by atoms with Crippen LogP contribution in [0.5, 0.6) is 11.5 Å². The molecule has 0 bridgehead atoms. The first kappa shape index (κ1) is 19.3. The summed E-state index contributed by atoms with van der Waals surface area (Å²) < 4.78 is 27.9. The maximum Gasteiger partial charge on any atom is 0.231 e. The van der Waals surface area contributed by atoms with Crippen molar-refractivity contribution in [1.29, 1.82) is 5.26 Å². The van der Waals surface area contributed by atoms with Crippen molar-refractivity contribution in [3.63, 3.8) is 0 Å². The third-order valence-corrected chi connectivity index (χ3v) is 5.89. The lowest BCUT2D eigenvalue weighted by molar-refractivity contribution is 0.174. The van der Waals surface area contributed by atoms with Crippen molar-refractivity contribution in [2.24, 2.45) is 0 Å². The van der Waals surface area contributed by atoms with Crippen molar-refractivity contribution in [2.75, 3.05) is 6.79 Å². The molecule has 3 heterocycles. The molecule has 5 aromatic rings. The van der Waals surface area contributed by atoms with Gasteiger partial charge in [-0.2, -0.15) is 5.26 Å². The fourth-order valence-corrected chi connectivity index (χ4v) is 4.22. The van der Waals surface area contributed by atoms with Gasteiger partial charge in [-0.3, -0.25) is 9.55 Å². The van der Waals surface area contributed by atoms with Gasteiger partial charge in [0.2, 0.25) is 6.79 Å². The van der Waals surface area contributed by atoms with Crippen LogP contribution in [0.3, 0.4) is 0 Å². The molecule has 0 spiro atoms. The molecule has 33 heavy (non-hydrogen) atoms. The number of ether oxygens (including phenoxy) is 2. The number of benzene rings is 3. The molecule has 0 fully saturated rings. The van der Waals surface area contributed by atoms with E-state index in [2.05, 4.69) is 16.0 Å². The monoisotopic (exact) mass is 436 g/mol. The number of nitrogens with zero attached hydrogens (tertiary/aromatic N) is 4. The molecule has 0 aliphatic carbocycles. The molecule has 6 nitrogen and oxygen atoms in total. The number of imidazole rings is 1. The van der Waals surface area contributed by atoms with Crippen molar-refractivity contribution < 1.29 is 13.9 Å². The molecule has 0 saturated heterocycles. The summed E-state index contributed by atoms with van der Waals surface area (Å²) >= 11 is 0. The van der Waals surface area contributed by atoms with Crippen LogP contribution in [0.4, 0.5) is 4.39 Å². The molecule has 2 aromatic heterocycles. The number of nitriles is 1. The number of fused-ring (bicyclic) bond motifs is 4. The Morgan fingerprint density at radius 3 is 2.67 bits per heavy atom. The van der Waals surface area contributed by atoms with Crippen LogP contribution in [0.25, 0.3) is 38.8 Å². The molecule has 0 saturated carbocycles. The zero-order chi connectivity index (χ0) is 22.4. The van der Waals surface area contributed by atoms with Crippen molar-refractivity contribution in [2.45, 2.75) is 12.8 Å². The molecule has 0 atom stereocenters. The lowest BCUT2D eigenvalue weighted by Gasteiger charge is -2.10. The maximum atomic E-state index is 15.1. The van der Waals surface area contributed by atoms with Crippen molar-refractivity contribution in [1.82, 2.24) is 14.5 Å². The SMILES string of the molecule is N#CCCc1ccc(-n2cnc3cnc4cc(F)c(-c5ccc6c(c5)OCO6)cc4c32)cc1. The van der Waals surface area contributed by atoms with Gasteiger partial charge in [-0.25, -0.2) is 9.37 Å². The standard InChI is InChI=1S/C26H17FN4O2/c27-21-12-22-20(11-19(21)17-5-8-24-25(10-17)33-15-32-24)26-23(13-29-22)30-14-31(26)18-6-3-16(4-7-18)2-1-9-28/h3-8,10-14H,1-2,15H2. The Kier molecular flexibility index (Phi) is 4.44.